The van der Waals surface area contributed by atoms with Crippen LogP contribution in [-0.4, -0.2) is 70.5 Å². The van der Waals surface area contributed by atoms with Crippen LogP contribution in [0.2, 0.25) is 0 Å². The monoisotopic (exact) mass is 522 g/mol. The molecule has 1 aromatic heterocycles. The van der Waals surface area contributed by atoms with E-state index in [1.54, 1.807) is 23.2 Å². The first kappa shape index (κ1) is 26.7. The number of aromatic nitrogens is 2. The van der Waals surface area contributed by atoms with Crippen LogP contribution in [-0.2, 0) is 4.74 Å². The van der Waals surface area contributed by atoms with E-state index < -0.39 is 42.7 Å². The third-order valence-electron chi connectivity index (χ3n) is 7.28. The van der Waals surface area contributed by atoms with Gasteiger partial charge in [0.05, 0.1) is 17.9 Å². The van der Waals surface area contributed by atoms with E-state index in [4.69, 9.17) is 10.1 Å². The molecule has 1 aliphatic heterocycles. The van der Waals surface area contributed by atoms with Crippen LogP contribution >= 0.6 is 0 Å². The number of imidazole rings is 1. The Hall–Kier alpha value is -3.31. The fourth-order valence-corrected chi connectivity index (χ4v) is 5.18. The lowest BCUT2D eigenvalue weighted by Crippen LogP contribution is -2.45. The summed E-state index contributed by atoms with van der Waals surface area (Å²) in [5.41, 5.74) is -0.216. The van der Waals surface area contributed by atoms with E-state index >= 15 is 4.39 Å². The number of alkyl carbamates (subject to hydrolysis) is 1. The molecule has 12 heteroatoms. The van der Waals surface area contributed by atoms with Crippen LogP contribution < -0.4 is 10.6 Å². The van der Waals surface area contributed by atoms with Gasteiger partial charge in [0.2, 0.25) is 0 Å². The van der Waals surface area contributed by atoms with Gasteiger partial charge in [-0.15, -0.1) is 6.58 Å². The van der Waals surface area contributed by atoms with Gasteiger partial charge in [-0.05, 0) is 49.7 Å². The number of carbonyl (C=O) groups is 2. The first-order chi connectivity index (χ1) is 17.6. The first-order valence-corrected chi connectivity index (χ1v) is 12.5. The zero-order chi connectivity index (χ0) is 26.6. The van der Waals surface area contributed by atoms with E-state index in [9.17, 15) is 18.4 Å². The summed E-state index contributed by atoms with van der Waals surface area (Å²) in [5, 5.41) is 13.2. The van der Waals surface area contributed by atoms with Crippen molar-refractivity contribution in [1.29, 1.82) is 5.41 Å². The molecule has 3 amide bonds. The number of nitrogens with zero attached hydrogens (tertiary/aromatic N) is 2. The number of H-pyrrole nitrogens is 1. The van der Waals surface area contributed by atoms with Crippen LogP contribution in [0.3, 0.4) is 0 Å². The lowest BCUT2D eigenvalue weighted by atomic mass is 9.75. The molecular weight excluding hydrogens is 489 g/mol. The molecule has 37 heavy (non-hydrogen) atoms. The molecule has 3 aliphatic rings. The Bertz CT molecular complexity index is 1040. The Morgan fingerprint density at radius 1 is 1.35 bits per heavy atom. The Kier molecular flexibility index (Phi) is 7.93. The number of alkyl halides is 3. The molecule has 2 saturated carbocycles. The normalized spacial score (nSPS) is 26.7. The summed E-state index contributed by atoms with van der Waals surface area (Å²) in [6.07, 6.45) is 5.15. The molecular formula is C25H33F3N6O3. The predicted molar refractivity (Wildman–Crippen MR) is 131 cm³/mol. The van der Waals surface area contributed by atoms with E-state index in [1.165, 1.54) is 0 Å². The highest BCUT2D eigenvalue weighted by molar-refractivity contribution is 5.85. The van der Waals surface area contributed by atoms with Crippen molar-refractivity contribution >= 4 is 24.4 Å². The summed E-state index contributed by atoms with van der Waals surface area (Å²) in [4.78, 5) is 33.5. The number of hydrogen-bond donors (Lipinski definition) is 4. The summed E-state index contributed by atoms with van der Waals surface area (Å²) < 4.78 is 46.5. The minimum atomic E-state index is -2.81. The maximum atomic E-state index is 15.0. The zero-order valence-corrected chi connectivity index (χ0v) is 20.6. The molecule has 0 bridgehead atoms. The van der Waals surface area contributed by atoms with E-state index in [0.29, 0.717) is 55.9 Å². The van der Waals surface area contributed by atoms with Crippen molar-refractivity contribution in [3.63, 3.8) is 0 Å². The molecule has 202 valence electrons. The number of allylic oxidation sites excluding steroid dienone is 1. The van der Waals surface area contributed by atoms with Crippen LogP contribution in [0.1, 0.15) is 62.5 Å². The van der Waals surface area contributed by atoms with E-state index in [-0.39, 0.29) is 24.9 Å². The van der Waals surface area contributed by atoms with Crippen LogP contribution in [0, 0.1) is 11.3 Å². The van der Waals surface area contributed by atoms with Gasteiger partial charge in [0.25, 0.3) is 5.92 Å². The standard InChI is InChI=1S/C25H33F3N6O3/c1-2-5-24(26)6-3-17(4-7-24)21(33-23(36)37-18-11-25(27,28)12-18)19-14-31-20(32-19)10-16(13-29)15-34-9-8-30-22(34)35/h2,10,13-14,17-18,21,29H,1,3-9,11-12,15H2,(H,30,35)(H,31,32)(H,33,36)/b16-10+,29-13?/t17?,21-,24?/m0/s1. The highest BCUT2D eigenvalue weighted by Gasteiger charge is 2.48. The largest absolute Gasteiger partial charge is 0.446 e. The van der Waals surface area contributed by atoms with Crippen molar-refractivity contribution in [2.45, 2.75) is 68.7 Å². The molecule has 2 aliphatic carbocycles. The number of ether oxygens (including phenoxy) is 1. The fraction of sp³-hybridized carbons (Fsp3) is 0.600. The van der Waals surface area contributed by atoms with Crippen LogP contribution in [0.25, 0.3) is 6.08 Å². The minimum Gasteiger partial charge on any atom is -0.446 e. The quantitative estimate of drug-likeness (QED) is 0.267. The third-order valence-corrected chi connectivity index (χ3v) is 7.28. The van der Waals surface area contributed by atoms with E-state index in [0.717, 1.165) is 6.21 Å². The van der Waals surface area contributed by atoms with Crippen LogP contribution in [0.15, 0.2) is 24.4 Å². The number of nitrogens with one attached hydrogen (secondary N) is 4. The highest BCUT2D eigenvalue weighted by atomic mass is 19.3. The van der Waals surface area contributed by atoms with Gasteiger partial charge in [-0.25, -0.2) is 27.7 Å². The van der Waals surface area contributed by atoms with Gasteiger partial charge in [0.1, 0.15) is 17.6 Å². The van der Waals surface area contributed by atoms with Gasteiger partial charge in [-0.3, -0.25) is 0 Å². The van der Waals surface area contributed by atoms with Crippen molar-refractivity contribution < 1.29 is 27.5 Å². The summed E-state index contributed by atoms with van der Waals surface area (Å²) in [5.74, 6) is -2.51. The maximum absolute atomic E-state index is 15.0. The van der Waals surface area contributed by atoms with Crippen molar-refractivity contribution in [1.82, 2.24) is 25.5 Å². The SMILES string of the molecule is C=CCC1(F)CCC([C@H](NC(=O)OC2CC(F)(F)C2)c2cnc(/C=C(\C=N)CN3CCNC3=O)[nH]2)CC1. The molecule has 4 rings (SSSR count). The topological polar surface area (TPSA) is 123 Å². The van der Waals surface area contributed by atoms with Crippen molar-refractivity contribution in [2.24, 2.45) is 5.92 Å². The second kappa shape index (κ2) is 11.0. The fourth-order valence-electron chi connectivity index (χ4n) is 5.18. The molecule has 0 unspecified atom stereocenters. The van der Waals surface area contributed by atoms with Gasteiger partial charge in [-0.2, -0.15) is 0 Å². The number of rotatable bonds is 10. The van der Waals surface area contributed by atoms with E-state index in [1.807, 2.05) is 0 Å². The number of carbonyl (C=O) groups excluding carboxylic acids is 2. The van der Waals surface area contributed by atoms with Crippen molar-refractivity contribution in [2.75, 3.05) is 19.6 Å². The smallest absolute Gasteiger partial charge is 0.407 e. The Labute approximate surface area is 213 Å². The van der Waals surface area contributed by atoms with Gasteiger partial charge in [0, 0.05) is 38.7 Å². The van der Waals surface area contributed by atoms with Crippen LogP contribution in [0.5, 0.6) is 0 Å². The predicted octanol–water partition coefficient (Wildman–Crippen LogP) is 4.51. The number of hydrogen-bond acceptors (Lipinski definition) is 5. The van der Waals surface area contributed by atoms with Crippen molar-refractivity contribution in [3.05, 3.63) is 35.9 Å². The molecule has 1 saturated heterocycles. The molecule has 4 N–H and O–H groups in total. The summed E-state index contributed by atoms with van der Waals surface area (Å²) >= 11 is 0. The molecule has 9 nitrogen and oxygen atoms in total. The highest BCUT2D eigenvalue weighted by Crippen LogP contribution is 2.43. The number of amides is 3. The molecule has 3 fully saturated rings. The number of aromatic amines is 1. The summed E-state index contributed by atoms with van der Waals surface area (Å²) in [6.45, 7) is 4.97. The second-order valence-electron chi connectivity index (χ2n) is 10.1. The molecule has 1 aromatic rings. The Morgan fingerprint density at radius 3 is 2.68 bits per heavy atom. The summed E-state index contributed by atoms with van der Waals surface area (Å²) in [7, 11) is 0. The average molecular weight is 523 g/mol. The molecule has 0 spiro atoms. The maximum Gasteiger partial charge on any atom is 0.407 e. The van der Waals surface area contributed by atoms with Gasteiger partial charge in [0.15, 0.2) is 0 Å². The second-order valence-corrected chi connectivity index (χ2v) is 10.1. The van der Waals surface area contributed by atoms with E-state index in [2.05, 4.69) is 27.2 Å². The molecule has 1 atom stereocenters. The Morgan fingerprint density at radius 2 is 2.08 bits per heavy atom. The van der Waals surface area contributed by atoms with Gasteiger partial charge < -0.3 is 30.7 Å². The molecule has 0 radical (unpaired) electrons. The summed E-state index contributed by atoms with van der Waals surface area (Å²) in [6, 6.07) is -0.790. The zero-order valence-electron chi connectivity index (χ0n) is 20.6. The lowest BCUT2D eigenvalue weighted by molar-refractivity contribution is -0.144. The lowest BCUT2D eigenvalue weighted by Gasteiger charge is -2.38. The minimum absolute atomic E-state index is 0.128. The first-order valence-electron chi connectivity index (χ1n) is 12.5. The van der Waals surface area contributed by atoms with Gasteiger partial charge in [-0.1, -0.05) is 6.08 Å². The van der Waals surface area contributed by atoms with Crippen molar-refractivity contribution in [3.8, 4) is 0 Å². The average Bonchev–Trinajstić information content (AvgIpc) is 3.45. The van der Waals surface area contributed by atoms with Crippen LogP contribution in [0.4, 0.5) is 22.8 Å². The Balaban J connectivity index is 1.47. The van der Waals surface area contributed by atoms with Gasteiger partial charge >= 0.3 is 12.1 Å². The number of halogens is 3. The number of urea groups is 1. The molecule has 2 heterocycles. The third kappa shape index (κ3) is 6.72. The molecule has 0 aromatic carbocycles.